The van der Waals surface area contributed by atoms with Crippen molar-refractivity contribution in [1.82, 2.24) is 0 Å². The number of halogens is 6. The van der Waals surface area contributed by atoms with Crippen LogP contribution in [0.5, 0.6) is 5.75 Å². The van der Waals surface area contributed by atoms with E-state index in [0.717, 1.165) is 6.07 Å². The highest BCUT2D eigenvalue weighted by Gasteiger charge is 2.30. The molecule has 0 unspecified atom stereocenters. The van der Waals surface area contributed by atoms with Gasteiger partial charge in [0.05, 0.1) is 0 Å². The van der Waals surface area contributed by atoms with E-state index < -0.39 is 24.8 Å². The second-order valence-corrected chi connectivity index (χ2v) is 3.07. The molecule has 0 heterocycles. The summed E-state index contributed by atoms with van der Waals surface area (Å²) in [5, 5.41) is -0.102. The summed E-state index contributed by atoms with van der Waals surface area (Å²) in [6.07, 6.45) is 0. The molecular weight excluding hydrogens is 241 g/mol. The molecule has 1 aromatic carbocycles. The normalized spacial score (nSPS) is 11.9. The maximum atomic E-state index is 12.3. The molecule has 0 bridgehead atoms. The minimum atomic E-state index is -5.40. The van der Waals surface area contributed by atoms with Crippen LogP contribution in [0.3, 0.4) is 0 Å². The molecule has 0 aromatic heterocycles. The largest absolute Gasteiger partial charge is 0.513 e. The molecule has 1 rings (SSSR count). The highest BCUT2D eigenvalue weighted by Crippen LogP contribution is 2.23. The van der Waals surface area contributed by atoms with Crippen molar-refractivity contribution in [3.63, 3.8) is 0 Å². The Labute approximate surface area is 86.8 Å². The van der Waals surface area contributed by atoms with Crippen molar-refractivity contribution < 1.29 is 26.5 Å². The van der Waals surface area contributed by atoms with Gasteiger partial charge in [0, 0.05) is 5.02 Å². The van der Waals surface area contributed by atoms with Crippen LogP contribution in [-0.2, 0) is 0 Å². The summed E-state index contributed by atoms with van der Waals surface area (Å²) in [5.74, 6) is -0.954. The van der Waals surface area contributed by atoms with Crippen LogP contribution < -0.4 is 10.2 Å². The van der Waals surface area contributed by atoms with Crippen LogP contribution in [0, 0.1) is 0 Å². The Morgan fingerprint density at radius 3 is 2.27 bits per heavy atom. The van der Waals surface area contributed by atoms with Crippen LogP contribution in [0.25, 0.3) is 0 Å². The van der Waals surface area contributed by atoms with Crippen molar-refractivity contribution in [1.29, 1.82) is 0 Å². The topological polar surface area (TPSA) is 9.23 Å². The molecule has 1 nitrogen and oxygen atoms in total. The van der Waals surface area contributed by atoms with Gasteiger partial charge in [-0.15, -0.1) is 0 Å². The van der Waals surface area contributed by atoms with E-state index in [-0.39, 0.29) is 5.02 Å². The molecule has 15 heavy (non-hydrogen) atoms. The van der Waals surface area contributed by atoms with Crippen LogP contribution >= 0.6 is 11.6 Å². The monoisotopic (exact) mass is 245 g/mol. The molecule has 0 fully saturated rings. The fourth-order valence-corrected chi connectivity index (χ4v) is 1.14. The Balaban J connectivity index is 3.15. The summed E-state index contributed by atoms with van der Waals surface area (Å²) in [4.78, 5) is 0. The van der Waals surface area contributed by atoms with Crippen LogP contribution in [0.1, 0.15) is 0 Å². The maximum Gasteiger partial charge on any atom is 0.513 e. The third kappa shape index (κ3) is 3.26. The lowest BCUT2D eigenvalue weighted by Crippen LogP contribution is -2.35. The van der Waals surface area contributed by atoms with Crippen molar-refractivity contribution in [3.8, 4) is 5.75 Å². The van der Waals surface area contributed by atoms with Gasteiger partial charge in [0.2, 0.25) is 0 Å². The van der Waals surface area contributed by atoms with Crippen LogP contribution in [0.15, 0.2) is 18.2 Å². The fraction of sp³-hybridized carbons (Fsp3) is 0.143. The molecule has 0 saturated heterocycles. The predicted octanol–water partition coefficient (Wildman–Crippen LogP) is 3.00. The van der Waals surface area contributed by atoms with E-state index in [1.165, 1.54) is 0 Å². The van der Waals surface area contributed by atoms with E-state index in [9.17, 15) is 21.7 Å². The Kier molecular flexibility index (Phi) is 3.44. The summed E-state index contributed by atoms with van der Waals surface area (Å²) in [6.45, 7) is -8.72. The average Bonchev–Trinajstić information content (AvgIpc) is 1.99. The van der Waals surface area contributed by atoms with Gasteiger partial charge in [-0.2, -0.15) is 8.78 Å². The van der Waals surface area contributed by atoms with E-state index in [4.69, 9.17) is 11.6 Å². The van der Waals surface area contributed by atoms with Gasteiger partial charge in [-0.05, 0) is 12.1 Å². The Morgan fingerprint density at radius 2 is 1.80 bits per heavy atom. The summed E-state index contributed by atoms with van der Waals surface area (Å²) in [5.41, 5.74) is -1.22. The predicted molar refractivity (Wildman–Crippen MR) is 46.8 cm³/mol. The Morgan fingerprint density at radius 1 is 1.20 bits per heavy atom. The standard InChI is InChI=1S/C7H4BClF5O/c9-4-1-2-5(8(12,13)14)6(3-4)15-7(10)11/h1-3,7H/q-1. The second kappa shape index (κ2) is 4.26. The number of hydrogen-bond acceptors (Lipinski definition) is 1. The van der Waals surface area contributed by atoms with Crippen molar-refractivity contribution >= 4 is 24.0 Å². The molecule has 0 aliphatic heterocycles. The number of hydrogen-bond donors (Lipinski definition) is 0. The molecule has 0 radical (unpaired) electrons. The molecule has 0 N–H and O–H groups in total. The smallest absolute Gasteiger partial charge is 0.445 e. The summed E-state index contributed by atoms with van der Waals surface area (Å²) >= 11 is 5.37. The maximum absolute atomic E-state index is 12.3. The van der Waals surface area contributed by atoms with E-state index in [1.54, 1.807) is 0 Å². The molecule has 0 amide bonds. The molecule has 84 valence electrons. The van der Waals surface area contributed by atoms with Crippen LogP contribution in [0.4, 0.5) is 21.7 Å². The van der Waals surface area contributed by atoms with Crippen molar-refractivity contribution in [2.75, 3.05) is 0 Å². The van der Waals surface area contributed by atoms with E-state index in [1.807, 2.05) is 0 Å². The number of benzene rings is 1. The zero-order valence-corrected chi connectivity index (χ0v) is 7.82. The van der Waals surface area contributed by atoms with Gasteiger partial charge in [0.1, 0.15) is 5.75 Å². The Hall–Kier alpha value is -0.975. The summed E-state index contributed by atoms with van der Waals surface area (Å²) < 4.78 is 64.3. The number of ether oxygens (including phenoxy) is 1. The van der Waals surface area contributed by atoms with Crippen LogP contribution in [-0.4, -0.2) is 13.6 Å². The second-order valence-electron chi connectivity index (χ2n) is 2.64. The molecule has 0 saturated carbocycles. The lowest BCUT2D eigenvalue weighted by molar-refractivity contribution is -0.0492. The van der Waals surface area contributed by atoms with Crippen LogP contribution in [0.2, 0.25) is 5.02 Å². The Bertz CT molecular complexity index is 354. The minimum Gasteiger partial charge on any atom is -0.445 e. The van der Waals surface area contributed by atoms with Gasteiger partial charge in [0.25, 0.3) is 0 Å². The van der Waals surface area contributed by atoms with E-state index in [2.05, 4.69) is 4.74 Å². The molecule has 0 spiro atoms. The summed E-state index contributed by atoms with van der Waals surface area (Å²) in [6, 6.07) is 2.28. The van der Waals surface area contributed by atoms with Gasteiger partial charge >= 0.3 is 13.6 Å². The van der Waals surface area contributed by atoms with Crippen molar-refractivity contribution in [2.45, 2.75) is 6.61 Å². The average molecular weight is 245 g/mol. The highest BCUT2D eigenvalue weighted by molar-refractivity contribution is 6.74. The van der Waals surface area contributed by atoms with E-state index >= 15 is 0 Å². The third-order valence-electron chi connectivity index (χ3n) is 1.54. The first-order chi connectivity index (χ1) is 6.80. The zero-order valence-electron chi connectivity index (χ0n) is 7.06. The van der Waals surface area contributed by atoms with Gasteiger partial charge < -0.3 is 17.7 Å². The molecule has 0 aliphatic carbocycles. The quantitative estimate of drug-likeness (QED) is 0.587. The fourth-order valence-electron chi connectivity index (χ4n) is 0.977. The molecule has 8 heteroatoms. The SMILES string of the molecule is FC(F)Oc1cc(Cl)ccc1[B-](F)(F)F. The molecule has 0 atom stereocenters. The van der Waals surface area contributed by atoms with E-state index in [0.29, 0.717) is 12.1 Å². The lowest BCUT2D eigenvalue weighted by atomic mass is 9.79. The molecular formula is C7H4BClF5O-. The molecule has 0 aliphatic rings. The minimum absolute atomic E-state index is 0.102. The first kappa shape index (κ1) is 12.1. The lowest BCUT2D eigenvalue weighted by Gasteiger charge is -2.19. The van der Waals surface area contributed by atoms with Crippen molar-refractivity contribution in [3.05, 3.63) is 23.2 Å². The van der Waals surface area contributed by atoms with Gasteiger partial charge in [0.15, 0.2) is 0 Å². The third-order valence-corrected chi connectivity index (χ3v) is 1.78. The zero-order chi connectivity index (χ0) is 11.6. The number of rotatable bonds is 3. The highest BCUT2D eigenvalue weighted by atomic mass is 35.5. The van der Waals surface area contributed by atoms with Crippen molar-refractivity contribution in [2.24, 2.45) is 0 Å². The first-order valence-corrected chi connectivity index (χ1v) is 4.12. The van der Waals surface area contributed by atoms with Gasteiger partial charge in [-0.25, -0.2) is 0 Å². The van der Waals surface area contributed by atoms with Gasteiger partial charge in [-0.1, -0.05) is 23.1 Å². The first-order valence-electron chi connectivity index (χ1n) is 3.75. The number of alkyl halides is 2. The summed E-state index contributed by atoms with van der Waals surface area (Å²) in [7, 11) is 0. The van der Waals surface area contributed by atoms with Gasteiger partial charge in [-0.3, -0.25) is 0 Å². The molecule has 1 aromatic rings.